The van der Waals surface area contributed by atoms with Gasteiger partial charge in [0.05, 0.1) is 14.2 Å². The van der Waals surface area contributed by atoms with Crippen LogP contribution in [0.15, 0.2) is 12.1 Å². The second kappa shape index (κ2) is 4.81. The summed E-state index contributed by atoms with van der Waals surface area (Å²) < 4.78 is 10.2. The van der Waals surface area contributed by atoms with Gasteiger partial charge in [-0.25, -0.2) is 4.98 Å². The average Bonchev–Trinajstić information content (AvgIpc) is 2.16. The van der Waals surface area contributed by atoms with Crippen LogP contribution in [0.1, 0.15) is 12.6 Å². The number of rotatable bonds is 4. The van der Waals surface area contributed by atoms with Crippen molar-refractivity contribution in [3.8, 4) is 11.6 Å². The molecule has 1 heterocycles. The fourth-order valence-electron chi connectivity index (χ4n) is 1.21. The second-order valence-electron chi connectivity index (χ2n) is 3.20. The molecule has 0 aliphatic carbocycles. The normalized spacial score (nSPS) is 12.3. The Hall–Kier alpha value is -1.29. The van der Waals surface area contributed by atoms with Gasteiger partial charge in [0.2, 0.25) is 0 Å². The number of pyridine rings is 1. The highest BCUT2D eigenvalue weighted by molar-refractivity contribution is 5.34. The van der Waals surface area contributed by atoms with Gasteiger partial charge in [-0.2, -0.15) is 0 Å². The lowest BCUT2D eigenvalue weighted by molar-refractivity contribution is 0.341. The molecule has 0 aromatic carbocycles. The largest absolute Gasteiger partial charge is 0.491 e. The van der Waals surface area contributed by atoms with Crippen LogP contribution in [-0.4, -0.2) is 25.2 Å². The molecule has 2 N–H and O–H groups in total. The second-order valence-corrected chi connectivity index (χ2v) is 3.20. The van der Waals surface area contributed by atoms with E-state index < -0.39 is 0 Å². The summed E-state index contributed by atoms with van der Waals surface area (Å²) in [6.45, 7) is 1.94. The predicted octanol–water partition coefficient (Wildman–Crippen LogP) is 0.989. The molecule has 0 radical (unpaired) electrons. The summed E-state index contributed by atoms with van der Waals surface area (Å²) in [4.78, 5) is 4.27. The molecule has 1 atom stereocenters. The molecule has 0 amide bonds. The summed E-state index contributed by atoms with van der Waals surface area (Å²) >= 11 is 0. The lowest BCUT2D eigenvalue weighted by Crippen LogP contribution is -2.18. The van der Waals surface area contributed by atoms with Crippen molar-refractivity contribution in [2.45, 2.75) is 19.4 Å². The smallest absolute Gasteiger partial charge is 0.256 e. The predicted molar refractivity (Wildman–Crippen MR) is 54.7 cm³/mol. The summed E-state index contributed by atoms with van der Waals surface area (Å²) in [6.07, 6.45) is 0.736. The minimum absolute atomic E-state index is 0.0978. The first-order valence-electron chi connectivity index (χ1n) is 4.51. The third-order valence-corrected chi connectivity index (χ3v) is 1.83. The zero-order valence-corrected chi connectivity index (χ0v) is 8.78. The summed E-state index contributed by atoms with van der Waals surface area (Å²) in [5.74, 6) is 1.14. The molecule has 0 saturated heterocycles. The maximum absolute atomic E-state index is 5.67. The van der Waals surface area contributed by atoms with Crippen molar-refractivity contribution in [3.63, 3.8) is 0 Å². The zero-order valence-electron chi connectivity index (χ0n) is 8.78. The van der Waals surface area contributed by atoms with Crippen LogP contribution < -0.4 is 15.2 Å². The first kappa shape index (κ1) is 10.8. The van der Waals surface area contributed by atoms with E-state index in [1.54, 1.807) is 14.2 Å². The van der Waals surface area contributed by atoms with Crippen molar-refractivity contribution in [3.05, 3.63) is 17.8 Å². The Morgan fingerprint density at radius 2 is 2.07 bits per heavy atom. The van der Waals surface area contributed by atoms with Crippen LogP contribution >= 0.6 is 0 Å². The molecular weight excluding hydrogens is 180 g/mol. The Morgan fingerprint density at radius 1 is 1.36 bits per heavy atom. The highest BCUT2D eigenvalue weighted by Gasteiger charge is 2.07. The Balaban J connectivity index is 2.89. The van der Waals surface area contributed by atoms with Gasteiger partial charge in [-0.1, -0.05) is 0 Å². The standard InChI is InChI=1S/C10H16N2O2/c1-7(11)6-8-4-5-9(13-2)10(12-8)14-3/h4-5,7H,6,11H2,1-3H3. The van der Waals surface area contributed by atoms with Crippen LogP contribution in [0, 0.1) is 0 Å². The Labute approximate surface area is 84.0 Å². The topological polar surface area (TPSA) is 57.4 Å². The molecule has 14 heavy (non-hydrogen) atoms. The first-order valence-corrected chi connectivity index (χ1v) is 4.51. The maximum atomic E-state index is 5.67. The van der Waals surface area contributed by atoms with Crippen molar-refractivity contribution in [2.75, 3.05) is 14.2 Å². The maximum Gasteiger partial charge on any atom is 0.256 e. The third-order valence-electron chi connectivity index (χ3n) is 1.83. The summed E-state index contributed by atoms with van der Waals surface area (Å²) in [7, 11) is 3.16. The van der Waals surface area contributed by atoms with E-state index in [0.29, 0.717) is 11.6 Å². The molecule has 0 fully saturated rings. The number of methoxy groups -OCH3 is 2. The molecule has 0 aliphatic rings. The SMILES string of the molecule is COc1ccc(CC(C)N)nc1OC. The molecular formula is C10H16N2O2. The van der Waals surface area contributed by atoms with Gasteiger partial charge in [0.15, 0.2) is 5.75 Å². The van der Waals surface area contributed by atoms with Gasteiger partial charge in [-0.15, -0.1) is 0 Å². The van der Waals surface area contributed by atoms with Gasteiger partial charge >= 0.3 is 0 Å². The van der Waals surface area contributed by atoms with Crippen LogP contribution in [0.3, 0.4) is 0 Å². The van der Waals surface area contributed by atoms with Crippen LogP contribution in [0.4, 0.5) is 0 Å². The van der Waals surface area contributed by atoms with Gasteiger partial charge < -0.3 is 15.2 Å². The van der Waals surface area contributed by atoms with Crippen LogP contribution in [0.5, 0.6) is 11.6 Å². The van der Waals surface area contributed by atoms with Gasteiger partial charge in [-0.3, -0.25) is 0 Å². The molecule has 1 aromatic heterocycles. The Morgan fingerprint density at radius 3 is 2.57 bits per heavy atom. The summed E-state index contributed by atoms with van der Waals surface area (Å²) in [5, 5.41) is 0. The molecule has 4 heteroatoms. The quantitative estimate of drug-likeness (QED) is 0.780. The number of nitrogens with zero attached hydrogens (tertiary/aromatic N) is 1. The average molecular weight is 196 g/mol. The van der Waals surface area contributed by atoms with Gasteiger partial charge in [0.1, 0.15) is 0 Å². The van der Waals surface area contributed by atoms with E-state index in [9.17, 15) is 0 Å². The molecule has 1 unspecified atom stereocenters. The minimum Gasteiger partial charge on any atom is -0.491 e. The molecule has 0 spiro atoms. The minimum atomic E-state index is 0.0978. The van der Waals surface area contributed by atoms with Crippen molar-refractivity contribution < 1.29 is 9.47 Å². The van der Waals surface area contributed by atoms with Gasteiger partial charge in [0, 0.05) is 18.2 Å². The van der Waals surface area contributed by atoms with Crippen LogP contribution in [0.2, 0.25) is 0 Å². The fraction of sp³-hybridized carbons (Fsp3) is 0.500. The summed E-state index contributed by atoms with van der Waals surface area (Å²) in [5.41, 5.74) is 6.59. The number of nitrogens with two attached hydrogens (primary N) is 1. The van der Waals surface area contributed by atoms with Gasteiger partial charge in [0.25, 0.3) is 5.88 Å². The van der Waals surface area contributed by atoms with E-state index in [1.807, 2.05) is 19.1 Å². The fourth-order valence-corrected chi connectivity index (χ4v) is 1.21. The number of ether oxygens (including phenoxy) is 2. The van der Waals surface area contributed by atoms with Crippen molar-refractivity contribution in [1.82, 2.24) is 4.98 Å². The lowest BCUT2D eigenvalue weighted by atomic mass is 10.2. The Kier molecular flexibility index (Phi) is 3.71. The number of hydrogen-bond donors (Lipinski definition) is 1. The van der Waals surface area contributed by atoms with E-state index >= 15 is 0 Å². The zero-order chi connectivity index (χ0) is 10.6. The number of aromatic nitrogens is 1. The molecule has 1 aromatic rings. The molecule has 4 nitrogen and oxygen atoms in total. The molecule has 0 aliphatic heterocycles. The molecule has 0 saturated carbocycles. The monoisotopic (exact) mass is 196 g/mol. The van der Waals surface area contributed by atoms with Gasteiger partial charge in [-0.05, 0) is 19.1 Å². The number of hydrogen-bond acceptors (Lipinski definition) is 4. The van der Waals surface area contributed by atoms with Crippen molar-refractivity contribution >= 4 is 0 Å². The highest BCUT2D eigenvalue weighted by atomic mass is 16.5. The molecule has 78 valence electrons. The van der Waals surface area contributed by atoms with Crippen molar-refractivity contribution in [1.29, 1.82) is 0 Å². The van der Waals surface area contributed by atoms with E-state index in [4.69, 9.17) is 15.2 Å². The molecule has 1 rings (SSSR count). The first-order chi connectivity index (χ1) is 6.67. The lowest BCUT2D eigenvalue weighted by Gasteiger charge is -2.09. The highest BCUT2D eigenvalue weighted by Crippen LogP contribution is 2.23. The van der Waals surface area contributed by atoms with E-state index in [-0.39, 0.29) is 6.04 Å². The Bertz CT molecular complexity index is 300. The van der Waals surface area contributed by atoms with Crippen LogP contribution in [-0.2, 0) is 6.42 Å². The van der Waals surface area contributed by atoms with Crippen LogP contribution in [0.25, 0.3) is 0 Å². The van der Waals surface area contributed by atoms with E-state index in [1.165, 1.54) is 0 Å². The van der Waals surface area contributed by atoms with Crippen molar-refractivity contribution in [2.24, 2.45) is 5.73 Å². The van der Waals surface area contributed by atoms with E-state index in [0.717, 1.165) is 12.1 Å². The summed E-state index contributed by atoms with van der Waals surface area (Å²) in [6, 6.07) is 3.83. The third kappa shape index (κ3) is 2.60. The van der Waals surface area contributed by atoms with E-state index in [2.05, 4.69) is 4.98 Å². The molecule has 0 bridgehead atoms.